The van der Waals surface area contributed by atoms with E-state index < -0.39 is 5.41 Å². The molecule has 0 fully saturated rings. The van der Waals surface area contributed by atoms with Gasteiger partial charge < -0.3 is 10.6 Å². The van der Waals surface area contributed by atoms with Crippen molar-refractivity contribution in [1.29, 1.82) is 5.26 Å². The summed E-state index contributed by atoms with van der Waals surface area (Å²) in [6.07, 6.45) is 0.692. The quantitative estimate of drug-likeness (QED) is 0.742. The van der Waals surface area contributed by atoms with E-state index in [1.54, 1.807) is 16.7 Å². The van der Waals surface area contributed by atoms with E-state index in [4.69, 9.17) is 5.73 Å². The zero-order valence-corrected chi connectivity index (χ0v) is 17.4. The van der Waals surface area contributed by atoms with Gasteiger partial charge in [-0.05, 0) is 29.8 Å². The lowest BCUT2D eigenvalue weighted by molar-refractivity contribution is -0.130. The Morgan fingerprint density at radius 2 is 1.61 bits per heavy atom. The zero-order chi connectivity index (χ0) is 19.3. The first kappa shape index (κ1) is 22.0. The Labute approximate surface area is 176 Å². The number of amides is 1. The average Bonchev–Trinajstić information content (AvgIpc) is 2.96. The number of halogens is 1. The molecule has 1 heterocycles. The second-order valence-electron chi connectivity index (χ2n) is 6.31. The summed E-state index contributed by atoms with van der Waals surface area (Å²) < 4.78 is 0. The van der Waals surface area contributed by atoms with Crippen LogP contribution in [0.4, 0.5) is 0 Å². The third-order valence-corrected chi connectivity index (χ3v) is 5.78. The number of nitrogens with two attached hydrogens (primary N) is 1. The van der Waals surface area contributed by atoms with E-state index in [0.29, 0.717) is 25.1 Å². The van der Waals surface area contributed by atoms with Gasteiger partial charge in [0, 0.05) is 6.54 Å². The number of nitrogens with zero attached hydrogens (tertiary/aromatic N) is 2. The van der Waals surface area contributed by atoms with E-state index in [0.717, 1.165) is 21.9 Å². The Kier molecular flexibility index (Phi) is 7.70. The predicted octanol–water partition coefficient (Wildman–Crippen LogP) is 4.07. The molecule has 2 N–H and O–H groups in total. The third kappa shape index (κ3) is 3.56. The van der Waals surface area contributed by atoms with Crippen LogP contribution in [-0.4, -0.2) is 29.6 Å². The van der Waals surface area contributed by atoms with Gasteiger partial charge in [0.15, 0.2) is 0 Å². The fourth-order valence-electron chi connectivity index (χ4n) is 3.65. The van der Waals surface area contributed by atoms with Crippen LogP contribution in [0.15, 0.2) is 71.3 Å². The standard InChI is InChI=1S/C22H23N3OS.ClH/c1-2-27-20-19(16-24)22(17-10-5-3-6-11-17,18-12-7-4-8-13-18)21(26)25(20)15-9-14-23;/h3-8,10-13H,2,9,14-15,23H2,1H3;1H. The number of carbonyl (C=O) groups excluding carboxylic acids is 1. The largest absolute Gasteiger partial charge is 0.330 e. The molecule has 2 aromatic carbocycles. The van der Waals surface area contributed by atoms with Crippen molar-refractivity contribution in [2.24, 2.45) is 5.73 Å². The number of hydrogen-bond donors (Lipinski definition) is 1. The number of nitriles is 1. The van der Waals surface area contributed by atoms with E-state index >= 15 is 0 Å². The van der Waals surface area contributed by atoms with Crippen LogP contribution >= 0.6 is 24.2 Å². The van der Waals surface area contributed by atoms with Crippen LogP contribution in [0.5, 0.6) is 0 Å². The van der Waals surface area contributed by atoms with Gasteiger partial charge in [-0.15, -0.1) is 24.2 Å². The highest BCUT2D eigenvalue weighted by atomic mass is 35.5. The lowest BCUT2D eigenvalue weighted by Crippen LogP contribution is -2.42. The molecule has 0 unspecified atom stereocenters. The van der Waals surface area contributed by atoms with Crippen LogP contribution in [0.1, 0.15) is 24.5 Å². The SMILES string of the molecule is CCSC1=C(C#N)C(c2ccccc2)(c2ccccc2)C(=O)N1CCCN.Cl. The molecule has 1 aliphatic heterocycles. The van der Waals surface area contributed by atoms with Gasteiger partial charge in [-0.3, -0.25) is 4.79 Å². The second kappa shape index (κ2) is 9.79. The third-order valence-electron chi connectivity index (χ3n) is 4.79. The van der Waals surface area contributed by atoms with E-state index in [-0.39, 0.29) is 18.3 Å². The molecular weight excluding hydrogens is 390 g/mol. The molecule has 2 aromatic rings. The van der Waals surface area contributed by atoms with Gasteiger partial charge in [-0.25, -0.2) is 0 Å². The van der Waals surface area contributed by atoms with Crippen molar-refractivity contribution in [2.45, 2.75) is 18.8 Å². The van der Waals surface area contributed by atoms with Crippen LogP contribution in [0.25, 0.3) is 0 Å². The van der Waals surface area contributed by atoms with Crippen molar-refractivity contribution >= 4 is 30.1 Å². The molecule has 0 bridgehead atoms. The summed E-state index contributed by atoms with van der Waals surface area (Å²) in [5.41, 5.74) is 6.75. The van der Waals surface area contributed by atoms with Crippen molar-refractivity contribution in [1.82, 2.24) is 4.90 Å². The highest BCUT2D eigenvalue weighted by Crippen LogP contribution is 2.50. The smallest absolute Gasteiger partial charge is 0.247 e. The van der Waals surface area contributed by atoms with Crippen molar-refractivity contribution in [2.75, 3.05) is 18.8 Å². The summed E-state index contributed by atoms with van der Waals surface area (Å²) in [4.78, 5) is 15.6. The number of rotatable bonds is 7. The van der Waals surface area contributed by atoms with Gasteiger partial charge in [-0.1, -0.05) is 67.6 Å². The number of carbonyl (C=O) groups is 1. The molecule has 146 valence electrons. The number of thioether (sulfide) groups is 1. The zero-order valence-electron chi connectivity index (χ0n) is 15.8. The fraction of sp³-hybridized carbons (Fsp3) is 0.273. The van der Waals surface area contributed by atoms with Crippen molar-refractivity contribution < 1.29 is 4.79 Å². The average molecular weight is 414 g/mol. The maximum absolute atomic E-state index is 13.9. The first-order valence-electron chi connectivity index (χ1n) is 9.12. The Morgan fingerprint density at radius 1 is 1.07 bits per heavy atom. The summed E-state index contributed by atoms with van der Waals surface area (Å²) in [5, 5.41) is 10.9. The molecule has 0 saturated carbocycles. The molecule has 0 radical (unpaired) electrons. The lowest BCUT2D eigenvalue weighted by Gasteiger charge is -2.30. The predicted molar refractivity (Wildman–Crippen MR) is 117 cm³/mol. The number of benzene rings is 2. The van der Waals surface area contributed by atoms with Gasteiger partial charge in [0.2, 0.25) is 5.91 Å². The monoisotopic (exact) mass is 413 g/mol. The molecule has 4 nitrogen and oxygen atoms in total. The van der Waals surface area contributed by atoms with Crippen LogP contribution in [-0.2, 0) is 10.2 Å². The molecule has 28 heavy (non-hydrogen) atoms. The Hall–Kier alpha value is -2.26. The summed E-state index contributed by atoms with van der Waals surface area (Å²) in [6, 6.07) is 21.6. The second-order valence-corrected chi connectivity index (χ2v) is 7.56. The summed E-state index contributed by atoms with van der Waals surface area (Å²) in [5.74, 6) is 0.716. The van der Waals surface area contributed by atoms with E-state index in [1.165, 1.54) is 0 Å². The molecule has 0 aliphatic carbocycles. The van der Waals surface area contributed by atoms with Crippen LogP contribution < -0.4 is 5.73 Å². The molecule has 0 aromatic heterocycles. The Balaban J connectivity index is 0.00000280. The van der Waals surface area contributed by atoms with Crippen LogP contribution in [0.2, 0.25) is 0 Å². The maximum atomic E-state index is 13.9. The summed E-state index contributed by atoms with van der Waals surface area (Å²) in [7, 11) is 0. The van der Waals surface area contributed by atoms with Gasteiger partial charge in [0.1, 0.15) is 5.41 Å². The molecule has 1 amide bonds. The molecule has 6 heteroatoms. The highest BCUT2D eigenvalue weighted by Gasteiger charge is 2.55. The fourth-order valence-corrected chi connectivity index (χ4v) is 4.59. The summed E-state index contributed by atoms with van der Waals surface area (Å²) >= 11 is 1.55. The van der Waals surface area contributed by atoms with Gasteiger partial charge in [0.05, 0.1) is 16.7 Å². The molecule has 0 spiro atoms. The Bertz CT molecular complexity index is 838. The van der Waals surface area contributed by atoms with Crippen LogP contribution in [0.3, 0.4) is 0 Å². The normalized spacial score (nSPS) is 15.3. The molecular formula is C22H24ClN3OS. The van der Waals surface area contributed by atoms with Crippen molar-refractivity contribution in [3.63, 3.8) is 0 Å². The minimum atomic E-state index is -1.11. The Morgan fingerprint density at radius 3 is 2.04 bits per heavy atom. The van der Waals surface area contributed by atoms with E-state index in [9.17, 15) is 10.1 Å². The lowest BCUT2D eigenvalue weighted by atomic mass is 9.70. The first-order valence-corrected chi connectivity index (χ1v) is 10.1. The van der Waals surface area contributed by atoms with Crippen LogP contribution in [0, 0.1) is 11.3 Å². The van der Waals surface area contributed by atoms with E-state index in [2.05, 4.69) is 6.07 Å². The van der Waals surface area contributed by atoms with E-state index in [1.807, 2.05) is 67.6 Å². The van der Waals surface area contributed by atoms with Gasteiger partial charge in [0.25, 0.3) is 0 Å². The summed E-state index contributed by atoms with van der Waals surface area (Å²) in [6.45, 7) is 3.05. The molecule has 1 aliphatic rings. The molecule has 0 atom stereocenters. The van der Waals surface area contributed by atoms with Gasteiger partial charge >= 0.3 is 0 Å². The number of hydrogen-bond acceptors (Lipinski definition) is 4. The van der Waals surface area contributed by atoms with Crippen molar-refractivity contribution in [3.05, 3.63) is 82.4 Å². The minimum absolute atomic E-state index is 0. The van der Waals surface area contributed by atoms with Crippen molar-refractivity contribution in [3.8, 4) is 6.07 Å². The first-order chi connectivity index (χ1) is 13.2. The highest BCUT2D eigenvalue weighted by molar-refractivity contribution is 8.03. The van der Waals surface area contributed by atoms with Gasteiger partial charge in [-0.2, -0.15) is 5.26 Å². The topological polar surface area (TPSA) is 70.1 Å². The maximum Gasteiger partial charge on any atom is 0.247 e. The molecule has 0 saturated heterocycles. The minimum Gasteiger partial charge on any atom is -0.330 e. The molecule has 3 rings (SSSR count).